The van der Waals surface area contributed by atoms with Gasteiger partial charge in [0.1, 0.15) is 17.4 Å². The highest BCUT2D eigenvalue weighted by Crippen LogP contribution is 2.30. The Bertz CT molecular complexity index is 1260. The van der Waals surface area contributed by atoms with Gasteiger partial charge in [-0.1, -0.05) is 44.7 Å². The average molecular weight is 540 g/mol. The molecular weight excluding hydrogens is 505 g/mol. The number of thioether (sulfide) groups is 1. The third-order valence-electron chi connectivity index (χ3n) is 6.77. The van der Waals surface area contributed by atoms with Gasteiger partial charge in [0, 0.05) is 50.7 Å². The molecule has 5 rings (SSSR count). The van der Waals surface area contributed by atoms with Gasteiger partial charge < -0.3 is 23.9 Å². The van der Waals surface area contributed by atoms with Crippen LogP contribution >= 0.6 is 11.8 Å². The Labute approximate surface area is 227 Å². The number of rotatable bonds is 6. The number of halogens is 1. The summed E-state index contributed by atoms with van der Waals surface area (Å²) in [6.45, 7) is 11.6. The molecule has 2 fully saturated rings. The minimum atomic E-state index is -0.190. The number of morpholine rings is 1. The molecule has 3 aromatic rings. The Morgan fingerprint density at radius 3 is 2.39 bits per heavy atom. The predicted molar refractivity (Wildman–Crippen MR) is 147 cm³/mol. The van der Waals surface area contributed by atoms with Crippen molar-refractivity contribution >= 4 is 29.2 Å². The molecule has 0 bridgehead atoms. The number of hydrogen-bond acceptors (Lipinski definition) is 8. The number of para-hydroxylation sites is 1. The second kappa shape index (κ2) is 11.3. The number of ether oxygens (including phenoxy) is 1. The monoisotopic (exact) mass is 539 g/mol. The highest BCUT2D eigenvalue weighted by atomic mass is 32.2. The maximum atomic E-state index is 14.3. The van der Waals surface area contributed by atoms with E-state index in [1.807, 2.05) is 18.2 Å². The van der Waals surface area contributed by atoms with Crippen LogP contribution in [0, 0.1) is 5.82 Å². The van der Waals surface area contributed by atoms with Crippen molar-refractivity contribution in [3.05, 3.63) is 65.5 Å². The fraction of sp³-hybridized carbons (Fsp3) is 0.464. The van der Waals surface area contributed by atoms with Crippen molar-refractivity contribution in [3.63, 3.8) is 0 Å². The highest BCUT2D eigenvalue weighted by molar-refractivity contribution is 7.98. The highest BCUT2D eigenvalue weighted by Gasteiger charge is 2.25. The minimum Gasteiger partial charge on any atom is -0.455 e. The standard InChI is InChI=1S/C28H34FN5O3S/c1-28(2,3)24-18-25(33-12-10-32(11-13-33)22-7-5-4-6-21(22)29)31-27(30-24)38-19-20-8-9-23(37-20)26(35)34-14-16-36-17-15-34/h4-9,18H,10-17,19H2,1-3H3. The summed E-state index contributed by atoms with van der Waals surface area (Å²) in [7, 11) is 0. The molecule has 10 heteroatoms. The molecule has 1 aromatic carbocycles. The molecule has 0 saturated carbocycles. The van der Waals surface area contributed by atoms with Crippen LogP contribution in [0.25, 0.3) is 0 Å². The Morgan fingerprint density at radius 2 is 1.68 bits per heavy atom. The van der Waals surface area contributed by atoms with Gasteiger partial charge in [0.15, 0.2) is 10.9 Å². The lowest BCUT2D eigenvalue weighted by Gasteiger charge is -2.37. The molecule has 38 heavy (non-hydrogen) atoms. The number of aromatic nitrogens is 2. The minimum absolute atomic E-state index is 0.104. The largest absolute Gasteiger partial charge is 0.455 e. The number of benzene rings is 1. The fourth-order valence-electron chi connectivity index (χ4n) is 4.54. The molecule has 0 atom stereocenters. The van der Waals surface area contributed by atoms with Crippen LogP contribution in [0.4, 0.5) is 15.9 Å². The van der Waals surface area contributed by atoms with Crippen LogP contribution in [0.5, 0.6) is 0 Å². The molecule has 1 amide bonds. The Hall–Kier alpha value is -3.11. The summed E-state index contributed by atoms with van der Waals surface area (Å²) in [6.07, 6.45) is 0. The summed E-state index contributed by atoms with van der Waals surface area (Å²) >= 11 is 1.49. The summed E-state index contributed by atoms with van der Waals surface area (Å²) < 4.78 is 25.5. The van der Waals surface area contributed by atoms with Crippen molar-refractivity contribution in [1.29, 1.82) is 0 Å². The zero-order valence-corrected chi connectivity index (χ0v) is 23.0. The van der Waals surface area contributed by atoms with Crippen molar-refractivity contribution in [2.75, 3.05) is 62.3 Å². The normalized spacial score (nSPS) is 16.7. The smallest absolute Gasteiger partial charge is 0.289 e. The van der Waals surface area contributed by atoms with Crippen LogP contribution in [0.3, 0.4) is 0 Å². The van der Waals surface area contributed by atoms with E-state index in [1.165, 1.54) is 17.8 Å². The molecule has 8 nitrogen and oxygen atoms in total. The second-order valence-electron chi connectivity index (χ2n) is 10.5. The van der Waals surface area contributed by atoms with Gasteiger partial charge >= 0.3 is 0 Å². The summed E-state index contributed by atoms with van der Waals surface area (Å²) in [6, 6.07) is 12.6. The number of hydrogen-bond donors (Lipinski definition) is 0. The third-order valence-corrected chi connectivity index (χ3v) is 7.64. The van der Waals surface area contributed by atoms with Gasteiger partial charge in [0.25, 0.3) is 5.91 Å². The number of anilines is 2. The van der Waals surface area contributed by atoms with E-state index >= 15 is 0 Å². The molecule has 2 aliphatic heterocycles. The molecule has 0 radical (unpaired) electrons. The topological polar surface area (TPSA) is 74.9 Å². The fourth-order valence-corrected chi connectivity index (χ4v) is 5.28. The first-order valence-corrected chi connectivity index (χ1v) is 14.0. The Morgan fingerprint density at radius 1 is 0.974 bits per heavy atom. The molecule has 0 spiro atoms. The molecule has 0 aliphatic carbocycles. The number of nitrogens with zero attached hydrogens (tertiary/aromatic N) is 5. The van der Waals surface area contributed by atoms with Crippen LogP contribution in [-0.4, -0.2) is 73.3 Å². The van der Waals surface area contributed by atoms with E-state index in [0.717, 1.165) is 24.6 Å². The number of carbonyl (C=O) groups is 1. The first-order valence-electron chi connectivity index (χ1n) is 13.0. The van der Waals surface area contributed by atoms with Gasteiger partial charge in [-0.2, -0.15) is 0 Å². The van der Waals surface area contributed by atoms with Gasteiger partial charge in [-0.15, -0.1) is 0 Å². The Kier molecular flexibility index (Phi) is 7.90. The Balaban J connectivity index is 1.27. The van der Waals surface area contributed by atoms with Crippen molar-refractivity contribution in [1.82, 2.24) is 14.9 Å². The van der Waals surface area contributed by atoms with Crippen LogP contribution < -0.4 is 9.80 Å². The summed E-state index contributed by atoms with van der Waals surface area (Å²) in [4.78, 5) is 28.5. The molecular formula is C28H34FN5O3S. The van der Waals surface area contributed by atoms with Crippen LogP contribution in [0.15, 0.2) is 52.0 Å². The predicted octanol–water partition coefficient (Wildman–Crippen LogP) is 4.60. The third kappa shape index (κ3) is 6.13. The average Bonchev–Trinajstić information content (AvgIpc) is 3.41. The van der Waals surface area contributed by atoms with Crippen molar-refractivity contribution in [2.24, 2.45) is 0 Å². The molecule has 0 N–H and O–H groups in total. The first-order chi connectivity index (χ1) is 18.3. The first kappa shape index (κ1) is 26.5. The lowest BCUT2D eigenvalue weighted by molar-refractivity contribution is 0.0282. The maximum Gasteiger partial charge on any atom is 0.289 e. The van der Waals surface area contributed by atoms with E-state index in [1.54, 1.807) is 17.0 Å². The summed E-state index contributed by atoms with van der Waals surface area (Å²) in [5.74, 6) is 2.15. The number of piperazine rings is 1. The summed E-state index contributed by atoms with van der Waals surface area (Å²) in [5, 5.41) is 0.668. The van der Waals surface area contributed by atoms with E-state index in [0.29, 0.717) is 67.5 Å². The maximum absolute atomic E-state index is 14.3. The quantitative estimate of drug-likeness (QED) is 0.333. The van der Waals surface area contributed by atoms with Crippen LogP contribution in [0.2, 0.25) is 0 Å². The molecule has 4 heterocycles. The second-order valence-corrected chi connectivity index (χ2v) is 11.5. The van der Waals surface area contributed by atoms with E-state index in [2.05, 4.69) is 36.6 Å². The molecule has 2 saturated heterocycles. The SMILES string of the molecule is CC(C)(C)c1cc(N2CCN(c3ccccc3F)CC2)nc(SCc2ccc(C(=O)N3CCOCC3)o2)n1. The molecule has 2 aromatic heterocycles. The number of carbonyl (C=O) groups excluding carboxylic acids is 1. The van der Waals surface area contributed by atoms with Crippen LogP contribution in [-0.2, 0) is 15.9 Å². The van der Waals surface area contributed by atoms with Gasteiger partial charge in [-0.3, -0.25) is 4.79 Å². The van der Waals surface area contributed by atoms with Crippen molar-refractivity contribution in [2.45, 2.75) is 37.1 Å². The molecule has 202 valence electrons. The number of amides is 1. The lowest BCUT2D eigenvalue weighted by Crippen LogP contribution is -2.47. The van der Waals surface area contributed by atoms with Gasteiger partial charge in [0.05, 0.1) is 30.3 Å². The van der Waals surface area contributed by atoms with E-state index < -0.39 is 0 Å². The zero-order chi connectivity index (χ0) is 26.7. The summed E-state index contributed by atoms with van der Waals surface area (Å²) in [5.41, 5.74) is 1.46. The number of furan rings is 1. The van der Waals surface area contributed by atoms with Crippen molar-refractivity contribution < 1.29 is 18.3 Å². The van der Waals surface area contributed by atoms with Crippen LogP contribution in [0.1, 0.15) is 42.8 Å². The van der Waals surface area contributed by atoms with E-state index in [9.17, 15) is 9.18 Å². The van der Waals surface area contributed by atoms with Gasteiger partial charge in [0.2, 0.25) is 0 Å². The van der Waals surface area contributed by atoms with E-state index in [4.69, 9.17) is 19.1 Å². The van der Waals surface area contributed by atoms with Crippen molar-refractivity contribution in [3.8, 4) is 0 Å². The molecule has 0 unspecified atom stereocenters. The van der Waals surface area contributed by atoms with Gasteiger partial charge in [-0.25, -0.2) is 14.4 Å². The lowest BCUT2D eigenvalue weighted by atomic mass is 9.92. The van der Waals surface area contributed by atoms with E-state index in [-0.39, 0.29) is 17.1 Å². The molecule has 2 aliphatic rings. The van der Waals surface area contributed by atoms with Gasteiger partial charge in [-0.05, 0) is 24.3 Å². The zero-order valence-electron chi connectivity index (χ0n) is 22.2.